The standard InChI is InChI=1S/C13H16F2N2O5S.ClH/c1-8(12(19)20)17(2)7-11(18)16-9-3-5-10(6-4-9)23(21,22)13(14)15;/h3-6,8,13H,7H2,1-2H3,(H,16,18)(H,19,20);1H. The number of amides is 1. The molecule has 0 heterocycles. The van der Waals surface area contributed by atoms with Crippen molar-refractivity contribution in [1.82, 2.24) is 4.90 Å². The van der Waals surface area contributed by atoms with Crippen LogP contribution in [0.25, 0.3) is 0 Å². The smallest absolute Gasteiger partial charge is 0.341 e. The van der Waals surface area contributed by atoms with Gasteiger partial charge in [-0.3, -0.25) is 14.5 Å². The van der Waals surface area contributed by atoms with Gasteiger partial charge in [-0.15, -0.1) is 12.4 Å². The maximum Gasteiger partial charge on any atom is 0.341 e. The van der Waals surface area contributed by atoms with E-state index in [1.54, 1.807) is 0 Å². The van der Waals surface area contributed by atoms with Crippen LogP contribution in [0, 0.1) is 0 Å². The third kappa shape index (κ3) is 5.69. The highest BCUT2D eigenvalue weighted by Crippen LogP contribution is 2.20. The van der Waals surface area contributed by atoms with Crippen molar-refractivity contribution in [3.05, 3.63) is 24.3 Å². The zero-order chi connectivity index (χ0) is 17.8. The minimum Gasteiger partial charge on any atom is -0.480 e. The molecule has 0 radical (unpaired) electrons. The minimum atomic E-state index is -4.68. The Hall–Kier alpha value is -1.78. The molecule has 1 rings (SSSR count). The summed E-state index contributed by atoms with van der Waals surface area (Å²) in [6.07, 6.45) is 0. The molecule has 1 unspecified atom stereocenters. The van der Waals surface area contributed by atoms with Crippen LogP contribution in [0.5, 0.6) is 0 Å². The SMILES string of the molecule is CC(C(=O)O)N(C)CC(=O)Nc1ccc(S(=O)(=O)C(F)F)cc1.Cl. The van der Waals surface area contributed by atoms with Crippen LogP contribution in [0.2, 0.25) is 0 Å². The number of rotatable bonds is 7. The molecule has 136 valence electrons. The first-order valence-electron chi connectivity index (χ1n) is 6.40. The average Bonchev–Trinajstić information content (AvgIpc) is 2.46. The molecule has 0 aliphatic heterocycles. The maximum atomic E-state index is 12.4. The van der Waals surface area contributed by atoms with E-state index in [1.807, 2.05) is 0 Å². The number of sulfone groups is 1. The molecule has 24 heavy (non-hydrogen) atoms. The van der Waals surface area contributed by atoms with E-state index in [4.69, 9.17) is 5.11 Å². The first kappa shape index (κ1) is 22.2. The number of anilines is 1. The van der Waals surface area contributed by atoms with Crippen LogP contribution >= 0.6 is 12.4 Å². The van der Waals surface area contributed by atoms with Crippen molar-refractivity contribution in [2.45, 2.75) is 23.6 Å². The second-order valence-corrected chi connectivity index (χ2v) is 6.73. The first-order valence-corrected chi connectivity index (χ1v) is 7.95. The van der Waals surface area contributed by atoms with Crippen LogP contribution in [0.3, 0.4) is 0 Å². The van der Waals surface area contributed by atoms with Crippen molar-refractivity contribution >= 4 is 39.8 Å². The second kappa shape index (κ2) is 8.90. The molecule has 0 spiro atoms. The number of carbonyl (C=O) groups is 2. The molecule has 0 saturated heterocycles. The monoisotopic (exact) mass is 386 g/mol. The number of carboxylic acids is 1. The molecule has 2 N–H and O–H groups in total. The van der Waals surface area contributed by atoms with Gasteiger partial charge in [0.25, 0.3) is 0 Å². The van der Waals surface area contributed by atoms with Crippen molar-refractivity contribution < 1.29 is 31.9 Å². The van der Waals surface area contributed by atoms with Gasteiger partial charge in [0.1, 0.15) is 6.04 Å². The first-order chi connectivity index (χ1) is 10.6. The molecule has 0 aliphatic rings. The largest absolute Gasteiger partial charge is 0.480 e. The summed E-state index contributed by atoms with van der Waals surface area (Å²) in [5.74, 6) is -5.12. The molecule has 11 heteroatoms. The number of alkyl halides is 2. The molecule has 1 atom stereocenters. The van der Waals surface area contributed by atoms with Crippen LogP contribution in [-0.4, -0.2) is 55.7 Å². The summed E-state index contributed by atoms with van der Waals surface area (Å²) < 4.78 is 47.3. The Morgan fingerprint density at radius 2 is 1.75 bits per heavy atom. The summed E-state index contributed by atoms with van der Waals surface area (Å²) in [6, 6.07) is 3.41. The molecule has 0 aliphatic carbocycles. The molecule has 1 aromatic rings. The summed E-state index contributed by atoms with van der Waals surface area (Å²) in [7, 11) is -3.23. The highest BCUT2D eigenvalue weighted by molar-refractivity contribution is 7.91. The lowest BCUT2D eigenvalue weighted by molar-refractivity contribution is -0.142. The third-order valence-electron chi connectivity index (χ3n) is 3.11. The molecule has 7 nitrogen and oxygen atoms in total. The van der Waals surface area contributed by atoms with Gasteiger partial charge >= 0.3 is 11.7 Å². The number of likely N-dealkylation sites (N-methyl/N-ethyl adjacent to an activating group) is 1. The van der Waals surface area contributed by atoms with Crippen LogP contribution < -0.4 is 5.32 Å². The van der Waals surface area contributed by atoms with Crippen LogP contribution in [0.4, 0.5) is 14.5 Å². The van der Waals surface area contributed by atoms with Crippen LogP contribution in [0.15, 0.2) is 29.2 Å². The maximum absolute atomic E-state index is 12.4. The van der Waals surface area contributed by atoms with Gasteiger partial charge in [-0.05, 0) is 38.2 Å². The fraction of sp³-hybridized carbons (Fsp3) is 0.385. The Balaban J connectivity index is 0.00000529. The van der Waals surface area contributed by atoms with Gasteiger partial charge in [-0.1, -0.05) is 0 Å². The van der Waals surface area contributed by atoms with E-state index in [0.717, 1.165) is 12.1 Å². The second-order valence-electron chi connectivity index (χ2n) is 4.81. The molecule has 0 saturated carbocycles. The quantitative estimate of drug-likeness (QED) is 0.735. The Bertz CT molecular complexity index is 682. The van der Waals surface area contributed by atoms with E-state index < -0.39 is 38.4 Å². The van der Waals surface area contributed by atoms with E-state index in [1.165, 1.54) is 31.0 Å². The molecule has 1 amide bonds. The van der Waals surface area contributed by atoms with Crippen molar-refractivity contribution in [2.24, 2.45) is 0 Å². The van der Waals surface area contributed by atoms with Gasteiger partial charge in [0, 0.05) is 5.69 Å². The van der Waals surface area contributed by atoms with Gasteiger partial charge < -0.3 is 10.4 Å². The topological polar surface area (TPSA) is 104 Å². The predicted molar refractivity (Wildman–Crippen MR) is 85.2 cm³/mol. The van der Waals surface area contributed by atoms with E-state index >= 15 is 0 Å². The van der Waals surface area contributed by atoms with Crippen molar-refractivity contribution in [3.8, 4) is 0 Å². The fourth-order valence-corrected chi connectivity index (χ4v) is 2.30. The Morgan fingerprint density at radius 3 is 2.17 bits per heavy atom. The van der Waals surface area contributed by atoms with E-state index in [0.29, 0.717) is 0 Å². The van der Waals surface area contributed by atoms with E-state index in [2.05, 4.69) is 5.32 Å². The lowest BCUT2D eigenvalue weighted by Gasteiger charge is -2.20. The summed E-state index contributed by atoms with van der Waals surface area (Å²) in [6.45, 7) is 1.21. The third-order valence-corrected chi connectivity index (χ3v) is 4.51. The molecular formula is C13H17ClF2N2O5S. The molecule has 1 aromatic carbocycles. The Morgan fingerprint density at radius 1 is 1.25 bits per heavy atom. The van der Waals surface area contributed by atoms with Gasteiger partial charge in [-0.2, -0.15) is 8.78 Å². The van der Waals surface area contributed by atoms with Crippen molar-refractivity contribution in [3.63, 3.8) is 0 Å². The lowest BCUT2D eigenvalue weighted by atomic mass is 10.3. The summed E-state index contributed by atoms with van der Waals surface area (Å²) in [5, 5.41) is 11.2. The number of aliphatic carboxylic acids is 1. The number of carbonyl (C=O) groups excluding carboxylic acids is 1. The number of nitrogens with zero attached hydrogens (tertiary/aromatic N) is 1. The minimum absolute atomic E-state index is 0. The Kier molecular flexibility index (Phi) is 8.24. The van der Waals surface area contributed by atoms with Crippen LogP contribution in [0.1, 0.15) is 6.92 Å². The van der Waals surface area contributed by atoms with Crippen molar-refractivity contribution in [1.29, 1.82) is 0 Å². The van der Waals surface area contributed by atoms with Crippen LogP contribution in [-0.2, 0) is 19.4 Å². The number of nitrogens with one attached hydrogen (secondary N) is 1. The average molecular weight is 387 g/mol. The zero-order valence-electron chi connectivity index (χ0n) is 12.8. The number of benzene rings is 1. The highest BCUT2D eigenvalue weighted by atomic mass is 35.5. The van der Waals surface area contributed by atoms with Gasteiger partial charge in [0.15, 0.2) is 0 Å². The normalized spacial score (nSPS) is 12.6. The van der Waals surface area contributed by atoms with E-state index in [-0.39, 0.29) is 24.6 Å². The summed E-state index contributed by atoms with van der Waals surface area (Å²) in [5.41, 5.74) is 0.208. The number of hydrogen-bond acceptors (Lipinski definition) is 5. The lowest BCUT2D eigenvalue weighted by Crippen LogP contribution is -2.40. The molecular weight excluding hydrogens is 370 g/mol. The van der Waals surface area contributed by atoms with Gasteiger partial charge in [0.05, 0.1) is 11.4 Å². The van der Waals surface area contributed by atoms with Gasteiger partial charge in [0.2, 0.25) is 15.7 Å². The highest BCUT2D eigenvalue weighted by Gasteiger charge is 2.26. The number of carboxylic acid groups (broad SMARTS) is 1. The van der Waals surface area contributed by atoms with E-state index in [9.17, 15) is 26.8 Å². The molecule has 0 bridgehead atoms. The number of halogens is 3. The fourth-order valence-electron chi connectivity index (χ4n) is 1.58. The summed E-state index contributed by atoms with van der Waals surface area (Å²) in [4.78, 5) is 23.3. The Labute approximate surface area is 144 Å². The molecule has 0 aromatic heterocycles. The summed E-state index contributed by atoms with van der Waals surface area (Å²) >= 11 is 0. The predicted octanol–water partition coefficient (Wildman–Crippen LogP) is 1.45. The van der Waals surface area contributed by atoms with Gasteiger partial charge in [-0.25, -0.2) is 8.42 Å². The number of hydrogen-bond donors (Lipinski definition) is 2. The molecule has 0 fully saturated rings. The van der Waals surface area contributed by atoms with Crippen molar-refractivity contribution in [2.75, 3.05) is 18.9 Å². The zero-order valence-corrected chi connectivity index (χ0v) is 14.4.